The number of aromatic nitrogens is 5. The summed E-state index contributed by atoms with van der Waals surface area (Å²) in [7, 11) is 0. The monoisotopic (exact) mass is 379 g/mol. The summed E-state index contributed by atoms with van der Waals surface area (Å²) in [5, 5.41) is 2.24. The second kappa shape index (κ2) is 6.72. The first-order valence-electron chi connectivity index (χ1n) is 7.40. The molecule has 0 aliphatic rings. The molecule has 140 valence electrons. The predicted octanol–water partition coefficient (Wildman–Crippen LogP) is 1.17. The molecule has 3 aromatic rings. The van der Waals surface area contributed by atoms with E-state index < -0.39 is 35.0 Å². The molecule has 0 saturated heterocycles. The van der Waals surface area contributed by atoms with E-state index in [2.05, 4.69) is 30.2 Å². The minimum Gasteiger partial charge on any atom is -0.445 e. The van der Waals surface area contributed by atoms with Gasteiger partial charge in [0.2, 0.25) is 11.6 Å². The van der Waals surface area contributed by atoms with Gasteiger partial charge >= 0.3 is 6.18 Å². The quantitative estimate of drug-likeness (QED) is 0.646. The molecule has 0 saturated carbocycles. The van der Waals surface area contributed by atoms with Gasteiger partial charge in [0.05, 0.1) is 18.1 Å². The summed E-state index contributed by atoms with van der Waals surface area (Å²) in [6.45, 7) is 1.34. The Morgan fingerprint density at radius 1 is 1.11 bits per heavy atom. The van der Waals surface area contributed by atoms with E-state index in [1.807, 2.05) is 0 Å². The van der Waals surface area contributed by atoms with Crippen LogP contribution in [0.15, 0.2) is 41.7 Å². The largest absolute Gasteiger partial charge is 0.445 e. The summed E-state index contributed by atoms with van der Waals surface area (Å²) in [4.78, 5) is 31.0. The van der Waals surface area contributed by atoms with Crippen LogP contribution >= 0.6 is 0 Å². The smallest absolute Gasteiger partial charge is 0.435 e. The van der Waals surface area contributed by atoms with Crippen molar-refractivity contribution in [2.24, 2.45) is 5.73 Å². The fourth-order valence-corrected chi connectivity index (χ4v) is 2.26. The number of nitrogens with zero attached hydrogens (tertiary/aromatic N) is 5. The molecular formula is C15H12F3N7O2. The van der Waals surface area contributed by atoms with Crippen LogP contribution < -0.4 is 11.1 Å². The van der Waals surface area contributed by atoms with E-state index in [1.54, 1.807) is 0 Å². The molecule has 1 atom stereocenters. The second-order valence-corrected chi connectivity index (χ2v) is 5.40. The summed E-state index contributed by atoms with van der Waals surface area (Å²) < 4.78 is 45.6. The number of alkyl halides is 3. The van der Waals surface area contributed by atoms with E-state index >= 15 is 0 Å². The molecule has 3 rings (SSSR count). The lowest BCUT2D eigenvalue weighted by atomic mass is 10.0. The van der Waals surface area contributed by atoms with Crippen molar-refractivity contribution in [3.8, 4) is 0 Å². The number of carbonyl (C=O) groups excluding carboxylic acids is 1. The van der Waals surface area contributed by atoms with Gasteiger partial charge in [-0.05, 0) is 6.92 Å². The summed E-state index contributed by atoms with van der Waals surface area (Å²) in [6, 6.07) is 0. The molecule has 0 radical (unpaired) electrons. The fraction of sp³-hybridized carbons (Fsp3) is 0.200. The average molecular weight is 379 g/mol. The highest BCUT2D eigenvalue weighted by Gasteiger charge is 2.47. The summed E-state index contributed by atoms with van der Waals surface area (Å²) in [5.41, 5.74) is 1.47. The first-order chi connectivity index (χ1) is 12.7. The zero-order valence-electron chi connectivity index (χ0n) is 13.7. The van der Waals surface area contributed by atoms with Gasteiger partial charge < -0.3 is 9.73 Å². The molecule has 3 aromatic heterocycles. The van der Waals surface area contributed by atoms with Crippen molar-refractivity contribution >= 4 is 5.91 Å². The Balaban J connectivity index is 2.15. The minimum atomic E-state index is -4.89. The number of halogens is 3. The van der Waals surface area contributed by atoms with E-state index in [0.717, 1.165) is 18.7 Å². The summed E-state index contributed by atoms with van der Waals surface area (Å²) >= 11 is 0. The molecule has 1 unspecified atom stereocenters. The Bertz CT molecular complexity index is 948. The predicted molar refractivity (Wildman–Crippen MR) is 82.7 cm³/mol. The van der Waals surface area contributed by atoms with Gasteiger partial charge in [-0.25, -0.2) is 15.0 Å². The van der Waals surface area contributed by atoms with Crippen LogP contribution in [0.5, 0.6) is 0 Å². The summed E-state index contributed by atoms with van der Waals surface area (Å²) in [6.07, 6.45) is 2.16. The van der Waals surface area contributed by atoms with Gasteiger partial charge in [-0.15, -0.1) is 0 Å². The molecule has 12 heteroatoms. The highest BCUT2D eigenvalue weighted by molar-refractivity contribution is 5.92. The van der Waals surface area contributed by atoms with E-state index in [9.17, 15) is 18.0 Å². The number of hydrogen-bond acceptors (Lipinski definition) is 8. The highest BCUT2D eigenvalue weighted by atomic mass is 19.4. The van der Waals surface area contributed by atoms with E-state index in [-0.39, 0.29) is 11.4 Å². The van der Waals surface area contributed by atoms with Crippen LogP contribution in [0.4, 0.5) is 13.2 Å². The van der Waals surface area contributed by atoms with Crippen LogP contribution in [0.25, 0.3) is 0 Å². The van der Waals surface area contributed by atoms with Crippen LogP contribution in [0.1, 0.15) is 33.5 Å². The van der Waals surface area contributed by atoms with Gasteiger partial charge in [0.1, 0.15) is 17.7 Å². The number of carbonyl (C=O) groups is 1. The molecule has 3 N–H and O–H groups in total. The molecule has 0 spiro atoms. The molecule has 0 aliphatic carbocycles. The molecule has 0 fully saturated rings. The van der Waals surface area contributed by atoms with Crippen LogP contribution in [0.3, 0.4) is 0 Å². The average Bonchev–Trinajstić information content (AvgIpc) is 3.17. The number of nitrogens with two attached hydrogens (primary N) is 1. The van der Waals surface area contributed by atoms with Crippen molar-refractivity contribution in [2.45, 2.75) is 18.8 Å². The Morgan fingerprint density at radius 2 is 1.89 bits per heavy atom. The fourth-order valence-electron chi connectivity index (χ4n) is 2.26. The zero-order chi connectivity index (χ0) is 19.7. The zero-order valence-corrected chi connectivity index (χ0v) is 13.7. The molecule has 0 bridgehead atoms. The molecule has 27 heavy (non-hydrogen) atoms. The Kier molecular flexibility index (Phi) is 4.57. The molecule has 0 aliphatic heterocycles. The number of amides is 1. The second-order valence-electron chi connectivity index (χ2n) is 5.40. The third-order valence-corrected chi connectivity index (χ3v) is 3.41. The van der Waals surface area contributed by atoms with Crippen molar-refractivity contribution in [3.05, 3.63) is 65.9 Å². The van der Waals surface area contributed by atoms with Gasteiger partial charge in [-0.3, -0.25) is 20.5 Å². The van der Waals surface area contributed by atoms with Gasteiger partial charge in [-0.2, -0.15) is 13.2 Å². The minimum absolute atomic E-state index is 0.0149. The topological polar surface area (TPSA) is 133 Å². The first kappa shape index (κ1) is 18.4. The molecule has 0 aromatic carbocycles. The lowest BCUT2D eigenvalue weighted by Crippen LogP contribution is -2.56. The molecule has 3 heterocycles. The van der Waals surface area contributed by atoms with Gasteiger partial charge in [0.15, 0.2) is 5.69 Å². The van der Waals surface area contributed by atoms with Crippen molar-refractivity contribution < 1.29 is 22.4 Å². The van der Waals surface area contributed by atoms with Crippen molar-refractivity contribution in [1.29, 1.82) is 0 Å². The van der Waals surface area contributed by atoms with Crippen molar-refractivity contribution in [1.82, 2.24) is 30.2 Å². The lowest BCUT2D eigenvalue weighted by Gasteiger charge is -2.28. The number of nitrogens with one attached hydrogen (secondary N) is 1. The normalized spacial score (nSPS) is 13.8. The van der Waals surface area contributed by atoms with Gasteiger partial charge in [0, 0.05) is 18.6 Å². The Morgan fingerprint density at radius 3 is 2.48 bits per heavy atom. The van der Waals surface area contributed by atoms with Crippen LogP contribution in [-0.2, 0) is 11.8 Å². The molecule has 9 nitrogen and oxygen atoms in total. The van der Waals surface area contributed by atoms with E-state index in [4.69, 9.17) is 10.2 Å². The van der Waals surface area contributed by atoms with Crippen molar-refractivity contribution in [2.75, 3.05) is 0 Å². The maximum Gasteiger partial charge on any atom is 0.435 e. The highest BCUT2D eigenvalue weighted by Crippen LogP contribution is 2.35. The van der Waals surface area contributed by atoms with Crippen molar-refractivity contribution in [3.63, 3.8) is 0 Å². The summed E-state index contributed by atoms with van der Waals surface area (Å²) in [5.74, 6) is -1.32. The van der Waals surface area contributed by atoms with Gasteiger partial charge in [0.25, 0.3) is 5.91 Å². The third kappa shape index (κ3) is 3.60. The Hall–Kier alpha value is -3.41. The van der Waals surface area contributed by atoms with Gasteiger partial charge in [-0.1, -0.05) is 0 Å². The lowest BCUT2D eigenvalue weighted by molar-refractivity contribution is -0.143. The number of oxazole rings is 1. The van der Waals surface area contributed by atoms with Crippen LogP contribution in [-0.4, -0.2) is 30.8 Å². The molecular weight excluding hydrogens is 367 g/mol. The number of rotatable bonds is 4. The Labute approximate surface area is 149 Å². The van der Waals surface area contributed by atoms with Crippen LogP contribution in [0.2, 0.25) is 0 Å². The maximum atomic E-state index is 13.5. The number of aryl methyl sites for hydroxylation is 1. The maximum absolute atomic E-state index is 13.5. The number of hydrogen-bond donors (Lipinski definition) is 2. The third-order valence-electron chi connectivity index (χ3n) is 3.41. The SMILES string of the molecule is Cc1cnc(C(N)(NC(=O)c2cnccn2)c2ncco2)c(C(F)(F)F)n1. The standard InChI is InChI=1S/C15H12F3N7O2/c1-8-6-23-10(11(24-8)15(16,17)18)14(19,13-22-4-5-27-13)25-12(26)9-7-20-2-3-21-9/h2-7H,19H2,1H3,(H,25,26). The van der Waals surface area contributed by atoms with Crippen LogP contribution in [0, 0.1) is 6.92 Å². The first-order valence-corrected chi connectivity index (χ1v) is 7.40. The molecule has 1 amide bonds. The van der Waals surface area contributed by atoms with E-state index in [0.29, 0.717) is 0 Å². The van der Waals surface area contributed by atoms with E-state index in [1.165, 1.54) is 25.5 Å².